The minimum atomic E-state index is -1.94. The van der Waals surface area contributed by atoms with E-state index in [2.05, 4.69) is 6.55 Å². The van der Waals surface area contributed by atoms with E-state index in [9.17, 15) is 0 Å². The molecule has 0 amide bonds. The summed E-state index contributed by atoms with van der Waals surface area (Å²) in [6, 6.07) is 0.960. The van der Waals surface area contributed by atoms with Crippen LogP contribution in [0.1, 0.15) is 27.2 Å². The summed E-state index contributed by atoms with van der Waals surface area (Å²) in [5.74, 6) is 0. The maximum atomic E-state index is 5.71. The highest BCUT2D eigenvalue weighted by molar-refractivity contribution is 6.66. The number of rotatable bonds is 9. The Balaban J connectivity index is 3.75. The number of nitrogens with two attached hydrogens (primary N) is 1. The first-order valence-electron chi connectivity index (χ1n) is 5.69. The average Bonchev–Trinajstić information content (AvgIpc) is 2.13. The summed E-state index contributed by atoms with van der Waals surface area (Å²) in [6.45, 7) is 10.1. The number of ether oxygens (including phenoxy) is 1. The van der Waals surface area contributed by atoms with Crippen LogP contribution in [0, 0.1) is 0 Å². The molecule has 0 aliphatic carbocycles. The Kier molecular flexibility index (Phi) is 8.27. The maximum absolute atomic E-state index is 5.71. The van der Waals surface area contributed by atoms with E-state index in [0.717, 1.165) is 25.7 Å². The van der Waals surface area contributed by atoms with Gasteiger partial charge in [0.05, 0.1) is 0 Å². The lowest BCUT2D eigenvalue weighted by Crippen LogP contribution is -2.39. The summed E-state index contributed by atoms with van der Waals surface area (Å²) >= 11 is 0. The Morgan fingerprint density at radius 3 is 2.13 bits per heavy atom. The fraction of sp³-hybridized carbons (Fsp3) is 1.00. The van der Waals surface area contributed by atoms with Gasteiger partial charge in [-0.2, -0.15) is 0 Å². The lowest BCUT2D eigenvalue weighted by atomic mass is 10.5. The second-order valence-corrected chi connectivity index (χ2v) is 7.02. The van der Waals surface area contributed by atoms with E-state index < -0.39 is 8.56 Å². The molecule has 15 heavy (non-hydrogen) atoms. The molecule has 2 N–H and O–H groups in total. The molecule has 0 saturated heterocycles. The summed E-state index contributed by atoms with van der Waals surface area (Å²) in [5.41, 5.74) is 5.49. The summed E-state index contributed by atoms with van der Waals surface area (Å²) in [7, 11) is -1.94. The summed E-state index contributed by atoms with van der Waals surface area (Å²) in [5, 5.41) is 0. The van der Waals surface area contributed by atoms with Crippen LogP contribution in [0.2, 0.25) is 12.6 Å². The standard InChI is InChI=1S/C10H25NO3Si/c1-5-13-15(4,14-6-2)9-7-8-12-10(3)11/h10H,5-9,11H2,1-4H3. The van der Waals surface area contributed by atoms with E-state index >= 15 is 0 Å². The number of hydrogen-bond acceptors (Lipinski definition) is 4. The van der Waals surface area contributed by atoms with Crippen LogP contribution in [0.3, 0.4) is 0 Å². The molecule has 0 aromatic heterocycles. The molecule has 1 atom stereocenters. The van der Waals surface area contributed by atoms with Crippen LogP contribution in [0.4, 0.5) is 0 Å². The van der Waals surface area contributed by atoms with E-state index in [-0.39, 0.29) is 6.23 Å². The molecule has 0 heterocycles. The molecule has 0 aromatic rings. The molecule has 92 valence electrons. The molecule has 0 aromatic carbocycles. The van der Waals surface area contributed by atoms with Gasteiger partial charge in [0.15, 0.2) is 0 Å². The smallest absolute Gasteiger partial charge is 0.334 e. The monoisotopic (exact) mass is 235 g/mol. The first-order valence-corrected chi connectivity index (χ1v) is 8.21. The molecule has 0 bridgehead atoms. The van der Waals surface area contributed by atoms with E-state index in [1.54, 1.807) is 0 Å². The van der Waals surface area contributed by atoms with Gasteiger partial charge in [-0.15, -0.1) is 0 Å². The Morgan fingerprint density at radius 2 is 1.73 bits per heavy atom. The van der Waals surface area contributed by atoms with Gasteiger partial charge in [0, 0.05) is 19.8 Å². The minimum Gasteiger partial charge on any atom is -0.395 e. The largest absolute Gasteiger partial charge is 0.395 e. The van der Waals surface area contributed by atoms with Crippen LogP contribution in [-0.2, 0) is 13.6 Å². The fourth-order valence-corrected chi connectivity index (χ4v) is 3.84. The van der Waals surface area contributed by atoms with Crippen LogP contribution in [0.5, 0.6) is 0 Å². The molecule has 0 radical (unpaired) electrons. The van der Waals surface area contributed by atoms with Crippen molar-refractivity contribution in [1.82, 2.24) is 0 Å². The quantitative estimate of drug-likeness (QED) is 0.376. The van der Waals surface area contributed by atoms with Crippen molar-refractivity contribution >= 4 is 8.56 Å². The van der Waals surface area contributed by atoms with Crippen molar-refractivity contribution in [1.29, 1.82) is 0 Å². The third-order valence-electron chi connectivity index (χ3n) is 2.06. The highest BCUT2D eigenvalue weighted by Crippen LogP contribution is 2.15. The van der Waals surface area contributed by atoms with Gasteiger partial charge in [-0.25, -0.2) is 0 Å². The second kappa shape index (κ2) is 8.24. The van der Waals surface area contributed by atoms with Gasteiger partial charge in [-0.05, 0) is 39.8 Å². The molecular weight excluding hydrogens is 210 g/mol. The van der Waals surface area contributed by atoms with Crippen LogP contribution in [-0.4, -0.2) is 34.6 Å². The van der Waals surface area contributed by atoms with Crippen LogP contribution >= 0.6 is 0 Å². The first kappa shape index (κ1) is 15.1. The van der Waals surface area contributed by atoms with Gasteiger partial charge in [0.2, 0.25) is 0 Å². The normalized spacial score (nSPS) is 14.2. The molecule has 4 nitrogen and oxygen atoms in total. The Bertz CT molecular complexity index is 150. The van der Waals surface area contributed by atoms with Crippen molar-refractivity contribution in [2.75, 3.05) is 19.8 Å². The SMILES string of the molecule is CCO[Si](C)(CCCOC(C)N)OCC. The summed E-state index contributed by atoms with van der Waals surface area (Å²) in [4.78, 5) is 0. The molecule has 0 aliphatic rings. The molecule has 0 saturated carbocycles. The zero-order valence-corrected chi connectivity index (χ0v) is 11.4. The summed E-state index contributed by atoms with van der Waals surface area (Å²) in [6.07, 6.45) is 0.765. The van der Waals surface area contributed by atoms with Gasteiger partial charge in [-0.1, -0.05) is 0 Å². The van der Waals surface area contributed by atoms with Crippen molar-refractivity contribution in [2.24, 2.45) is 5.73 Å². The van der Waals surface area contributed by atoms with E-state index in [4.69, 9.17) is 19.3 Å². The Labute approximate surface area is 94.3 Å². The third-order valence-corrected chi connectivity index (χ3v) is 5.12. The van der Waals surface area contributed by atoms with Gasteiger partial charge in [0.25, 0.3) is 0 Å². The van der Waals surface area contributed by atoms with Crippen molar-refractivity contribution in [3.8, 4) is 0 Å². The molecule has 1 unspecified atom stereocenters. The topological polar surface area (TPSA) is 53.7 Å². The molecule has 0 aliphatic heterocycles. The van der Waals surface area contributed by atoms with E-state index in [1.807, 2.05) is 20.8 Å². The van der Waals surface area contributed by atoms with E-state index in [1.165, 1.54) is 0 Å². The zero-order valence-electron chi connectivity index (χ0n) is 10.4. The van der Waals surface area contributed by atoms with Crippen molar-refractivity contribution < 1.29 is 13.6 Å². The minimum absolute atomic E-state index is 0.183. The first-order chi connectivity index (χ1) is 7.04. The van der Waals surface area contributed by atoms with Crippen molar-refractivity contribution in [2.45, 2.75) is 46.0 Å². The average molecular weight is 235 g/mol. The molecule has 0 rings (SSSR count). The number of hydrogen-bond donors (Lipinski definition) is 1. The van der Waals surface area contributed by atoms with Crippen molar-refractivity contribution in [3.63, 3.8) is 0 Å². The highest BCUT2D eigenvalue weighted by atomic mass is 28.4. The van der Waals surface area contributed by atoms with Gasteiger partial charge in [-0.3, -0.25) is 0 Å². The lowest BCUT2D eigenvalue weighted by Gasteiger charge is -2.25. The molecule has 0 fully saturated rings. The molecule has 0 spiro atoms. The van der Waals surface area contributed by atoms with Crippen LogP contribution < -0.4 is 5.73 Å². The fourth-order valence-electron chi connectivity index (χ4n) is 1.46. The van der Waals surface area contributed by atoms with Crippen molar-refractivity contribution in [3.05, 3.63) is 0 Å². The predicted molar refractivity (Wildman–Crippen MR) is 63.9 cm³/mol. The third kappa shape index (κ3) is 7.93. The Hall–Kier alpha value is 0.0569. The second-order valence-electron chi connectivity index (χ2n) is 3.68. The lowest BCUT2D eigenvalue weighted by molar-refractivity contribution is 0.0689. The van der Waals surface area contributed by atoms with Crippen LogP contribution in [0.25, 0.3) is 0 Å². The van der Waals surface area contributed by atoms with E-state index in [0.29, 0.717) is 6.61 Å². The molecule has 5 heteroatoms. The zero-order chi connectivity index (χ0) is 11.7. The van der Waals surface area contributed by atoms with Crippen LogP contribution in [0.15, 0.2) is 0 Å². The van der Waals surface area contributed by atoms with Gasteiger partial charge >= 0.3 is 8.56 Å². The molecular formula is C10H25NO3Si. The predicted octanol–water partition coefficient (Wildman–Crippen LogP) is 1.84. The highest BCUT2D eigenvalue weighted by Gasteiger charge is 2.29. The van der Waals surface area contributed by atoms with Gasteiger partial charge < -0.3 is 19.3 Å². The van der Waals surface area contributed by atoms with Gasteiger partial charge in [0.1, 0.15) is 6.23 Å². The maximum Gasteiger partial charge on any atom is 0.334 e. The summed E-state index contributed by atoms with van der Waals surface area (Å²) < 4.78 is 16.7. The Morgan fingerprint density at radius 1 is 1.20 bits per heavy atom.